The van der Waals surface area contributed by atoms with Crippen LogP contribution >= 0.6 is 34.8 Å². The van der Waals surface area contributed by atoms with E-state index in [0.29, 0.717) is 0 Å². The number of rotatable bonds is 3. The van der Waals surface area contributed by atoms with Crippen LogP contribution in [0.5, 0.6) is 0 Å². The number of nitrogen functional groups attached to an aromatic ring is 1. The number of nitrogens with one attached hydrogen (secondary N) is 2. The van der Waals surface area contributed by atoms with Crippen LogP contribution in [0.25, 0.3) is 0 Å². The molecule has 108 valence electrons. The highest BCUT2D eigenvalue weighted by Gasteiger charge is 2.19. The SMILES string of the molecule is Nc1c(Cl)c(Cl)nc(C(=O)N/N=C\c2cc[nH+]cc2)c1Cl. The molecule has 21 heavy (non-hydrogen) atoms. The smallest absolute Gasteiger partial charge is 0.291 e. The van der Waals surface area contributed by atoms with Crippen LogP contribution in [0.1, 0.15) is 16.1 Å². The molecule has 0 aromatic carbocycles. The molecule has 0 unspecified atom stereocenters. The van der Waals surface area contributed by atoms with Crippen molar-refractivity contribution in [2.45, 2.75) is 0 Å². The molecule has 0 fully saturated rings. The number of hydrazone groups is 1. The Morgan fingerprint density at radius 1 is 1.29 bits per heavy atom. The molecule has 4 N–H and O–H groups in total. The monoisotopic (exact) mass is 344 g/mol. The Morgan fingerprint density at radius 3 is 2.62 bits per heavy atom. The summed E-state index contributed by atoms with van der Waals surface area (Å²) in [6.07, 6.45) is 4.91. The predicted molar refractivity (Wildman–Crippen MR) is 81.7 cm³/mol. The third-order valence-electron chi connectivity index (χ3n) is 2.41. The van der Waals surface area contributed by atoms with E-state index >= 15 is 0 Å². The first-order valence-corrected chi connectivity index (χ1v) is 6.73. The van der Waals surface area contributed by atoms with Crippen LogP contribution in [0.4, 0.5) is 5.69 Å². The number of hydrogen-bond acceptors (Lipinski definition) is 4. The van der Waals surface area contributed by atoms with Gasteiger partial charge in [-0.1, -0.05) is 34.8 Å². The van der Waals surface area contributed by atoms with Crippen molar-refractivity contribution < 1.29 is 9.78 Å². The van der Waals surface area contributed by atoms with Crippen LogP contribution in [0.3, 0.4) is 0 Å². The zero-order chi connectivity index (χ0) is 15.4. The maximum Gasteiger partial charge on any atom is 0.291 e. The summed E-state index contributed by atoms with van der Waals surface area (Å²) >= 11 is 17.5. The van der Waals surface area contributed by atoms with Gasteiger partial charge in [-0.3, -0.25) is 4.79 Å². The number of nitrogens with two attached hydrogens (primary N) is 1. The van der Waals surface area contributed by atoms with Gasteiger partial charge in [-0.25, -0.2) is 15.4 Å². The van der Waals surface area contributed by atoms with Crippen molar-refractivity contribution >= 4 is 52.6 Å². The van der Waals surface area contributed by atoms with E-state index in [1.54, 1.807) is 24.5 Å². The lowest BCUT2D eigenvalue weighted by Gasteiger charge is -2.07. The Labute approximate surface area is 134 Å². The first kappa shape index (κ1) is 15.5. The molecule has 0 aliphatic carbocycles. The van der Waals surface area contributed by atoms with E-state index in [2.05, 4.69) is 20.5 Å². The fourth-order valence-corrected chi connectivity index (χ4v) is 1.98. The molecule has 0 aliphatic rings. The first-order chi connectivity index (χ1) is 10.0. The van der Waals surface area contributed by atoms with Crippen LogP contribution < -0.4 is 16.1 Å². The summed E-state index contributed by atoms with van der Waals surface area (Å²) < 4.78 is 0. The van der Waals surface area contributed by atoms with Crippen molar-refractivity contribution in [1.29, 1.82) is 0 Å². The third kappa shape index (κ3) is 3.60. The topological polar surface area (TPSA) is 94.5 Å². The summed E-state index contributed by atoms with van der Waals surface area (Å²) in [5, 5.41) is 3.61. The van der Waals surface area contributed by atoms with Gasteiger partial charge in [0.05, 0.1) is 16.9 Å². The number of carbonyl (C=O) groups excluding carboxylic acids is 1. The molecule has 2 heterocycles. The summed E-state index contributed by atoms with van der Waals surface area (Å²) in [7, 11) is 0. The zero-order valence-corrected chi connectivity index (χ0v) is 12.7. The number of anilines is 1. The molecular formula is C12H9Cl3N5O+. The van der Waals surface area contributed by atoms with Gasteiger partial charge >= 0.3 is 0 Å². The highest BCUT2D eigenvalue weighted by molar-refractivity contribution is 6.46. The second kappa shape index (κ2) is 6.71. The Balaban J connectivity index is 2.16. The number of aromatic nitrogens is 2. The fourth-order valence-electron chi connectivity index (χ4n) is 1.39. The van der Waals surface area contributed by atoms with E-state index in [-0.39, 0.29) is 26.6 Å². The van der Waals surface area contributed by atoms with Crippen molar-refractivity contribution in [3.63, 3.8) is 0 Å². The zero-order valence-electron chi connectivity index (χ0n) is 10.4. The van der Waals surface area contributed by atoms with Crippen molar-refractivity contribution in [1.82, 2.24) is 10.4 Å². The number of amides is 1. The second-order valence-electron chi connectivity index (χ2n) is 3.83. The van der Waals surface area contributed by atoms with Crippen LogP contribution in [0, 0.1) is 0 Å². The van der Waals surface area contributed by atoms with E-state index < -0.39 is 5.91 Å². The first-order valence-electron chi connectivity index (χ1n) is 5.60. The van der Waals surface area contributed by atoms with Gasteiger partial charge in [-0.15, -0.1) is 0 Å². The maximum atomic E-state index is 11.9. The highest BCUT2D eigenvalue weighted by atomic mass is 35.5. The number of hydrogen-bond donors (Lipinski definition) is 2. The molecule has 0 aliphatic heterocycles. The highest BCUT2D eigenvalue weighted by Crippen LogP contribution is 2.34. The normalized spacial score (nSPS) is 10.8. The number of carbonyl (C=O) groups is 1. The third-order valence-corrected chi connectivity index (χ3v) is 3.55. The van der Waals surface area contributed by atoms with Gasteiger partial charge in [-0.05, 0) is 0 Å². The molecule has 0 spiro atoms. The van der Waals surface area contributed by atoms with Gasteiger partial charge in [0.2, 0.25) is 0 Å². The molecule has 2 aromatic rings. The molecule has 0 atom stereocenters. The lowest BCUT2D eigenvalue weighted by molar-refractivity contribution is -0.378. The minimum absolute atomic E-state index is 0.00209. The maximum absolute atomic E-state index is 11.9. The van der Waals surface area contributed by atoms with Gasteiger partial charge in [0.25, 0.3) is 5.91 Å². The lowest BCUT2D eigenvalue weighted by atomic mass is 10.3. The number of H-pyrrole nitrogens is 1. The van der Waals surface area contributed by atoms with Gasteiger partial charge in [0.15, 0.2) is 23.2 Å². The molecular weight excluding hydrogens is 337 g/mol. The second-order valence-corrected chi connectivity index (χ2v) is 4.94. The minimum atomic E-state index is -0.649. The molecule has 0 saturated carbocycles. The van der Waals surface area contributed by atoms with Crippen molar-refractivity contribution in [3.8, 4) is 0 Å². The molecule has 2 aromatic heterocycles. The summed E-state index contributed by atoms with van der Waals surface area (Å²) in [5.74, 6) is -0.649. The van der Waals surface area contributed by atoms with E-state index in [0.717, 1.165) is 5.56 Å². The molecule has 9 heteroatoms. The molecule has 0 bridgehead atoms. The summed E-state index contributed by atoms with van der Waals surface area (Å²) in [5.41, 5.74) is 8.54. The average Bonchev–Trinajstić information content (AvgIpc) is 2.49. The van der Waals surface area contributed by atoms with Crippen molar-refractivity contribution in [3.05, 3.63) is 51.0 Å². The summed E-state index contributed by atoms with van der Waals surface area (Å²) in [4.78, 5) is 18.6. The Bertz CT molecular complexity index is 706. The van der Waals surface area contributed by atoms with Crippen LogP contribution in [-0.4, -0.2) is 17.1 Å². The number of aromatic amines is 1. The molecule has 2 rings (SSSR count). The number of nitrogens with zero attached hydrogens (tertiary/aromatic N) is 2. The Morgan fingerprint density at radius 2 is 1.95 bits per heavy atom. The van der Waals surface area contributed by atoms with E-state index in [1.165, 1.54) is 6.21 Å². The number of pyridine rings is 2. The van der Waals surface area contributed by atoms with E-state index in [1.807, 2.05) is 0 Å². The Kier molecular flexibility index (Phi) is 4.95. The Hall–Kier alpha value is -1.89. The lowest BCUT2D eigenvalue weighted by Crippen LogP contribution is -2.20. The van der Waals surface area contributed by atoms with Crippen LogP contribution in [-0.2, 0) is 0 Å². The summed E-state index contributed by atoms with van der Waals surface area (Å²) in [6, 6.07) is 3.55. The van der Waals surface area contributed by atoms with Gasteiger partial charge < -0.3 is 5.73 Å². The minimum Gasteiger partial charge on any atom is -0.396 e. The van der Waals surface area contributed by atoms with Crippen LogP contribution in [0.15, 0.2) is 29.6 Å². The molecule has 0 radical (unpaired) electrons. The number of halogens is 3. The van der Waals surface area contributed by atoms with Gasteiger partial charge in [0.1, 0.15) is 5.02 Å². The standard InChI is InChI=1S/C12H8Cl3N5O/c13-7-9(16)8(14)11(15)19-10(7)12(21)20-18-5-6-1-3-17-4-2-6/h1-5H,(H2,16,19)(H,20,21)/p+1/b18-5-. The summed E-state index contributed by atoms with van der Waals surface area (Å²) in [6.45, 7) is 0. The van der Waals surface area contributed by atoms with Gasteiger partial charge in [0, 0.05) is 17.7 Å². The van der Waals surface area contributed by atoms with Gasteiger partial charge in [-0.2, -0.15) is 5.10 Å². The largest absolute Gasteiger partial charge is 0.396 e. The van der Waals surface area contributed by atoms with Crippen molar-refractivity contribution in [2.24, 2.45) is 5.10 Å². The predicted octanol–water partition coefficient (Wildman–Crippen LogP) is 2.20. The van der Waals surface area contributed by atoms with Crippen molar-refractivity contribution in [2.75, 3.05) is 5.73 Å². The van der Waals surface area contributed by atoms with Crippen LogP contribution in [0.2, 0.25) is 15.2 Å². The fraction of sp³-hybridized carbons (Fsp3) is 0. The van der Waals surface area contributed by atoms with E-state index in [4.69, 9.17) is 40.5 Å². The molecule has 0 saturated heterocycles. The average molecular weight is 346 g/mol. The molecule has 1 amide bonds. The molecule has 6 nitrogen and oxygen atoms in total. The van der Waals surface area contributed by atoms with E-state index in [9.17, 15) is 4.79 Å². The quantitative estimate of drug-likeness (QED) is 0.507.